The molecule has 1 N–H and O–H groups in total. The third kappa shape index (κ3) is 2.16. The van der Waals surface area contributed by atoms with E-state index in [2.05, 4.69) is 9.72 Å². The van der Waals surface area contributed by atoms with Crippen molar-refractivity contribution < 1.29 is 9.53 Å². The van der Waals surface area contributed by atoms with Crippen LogP contribution < -0.4 is 5.69 Å². The van der Waals surface area contributed by atoms with Crippen LogP contribution in [0.5, 0.6) is 0 Å². The van der Waals surface area contributed by atoms with Gasteiger partial charge in [-0.25, -0.2) is 9.59 Å². The Hall–Kier alpha value is -1.82. The van der Waals surface area contributed by atoms with Crippen molar-refractivity contribution in [3.8, 4) is 0 Å². The standard InChI is InChI=1S/C11H12N2O3S/c1-13-8(6-7-4-3-5-17-7)9(10(14)16-2)12-11(13)15/h3-5H,6H2,1-2H3,(H,12,15). The van der Waals surface area contributed by atoms with Gasteiger partial charge in [0.15, 0.2) is 0 Å². The number of rotatable bonds is 3. The zero-order valence-electron chi connectivity index (χ0n) is 9.52. The number of aromatic nitrogens is 2. The Labute approximate surface area is 102 Å². The molecular weight excluding hydrogens is 240 g/mol. The number of imidazole rings is 1. The van der Waals surface area contributed by atoms with Crippen LogP contribution in [0.1, 0.15) is 21.1 Å². The molecule has 0 fully saturated rings. The molecule has 0 aliphatic carbocycles. The highest BCUT2D eigenvalue weighted by Crippen LogP contribution is 2.16. The summed E-state index contributed by atoms with van der Waals surface area (Å²) >= 11 is 1.58. The summed E-state index contributed by atoms with van der Waals surface area (Å²) in [4.78, 5) is 26.6. The number of H-pyrrole nitrogens is 1. The van der Waals surface area contributed by atoms with Crippen molar-refractivity contribution in [1.29, 1.82) is 0 Å². The zero-order valence-corrected chi connectivity index (χ0v) is 10.3. The summed E-state index contributed by atoms with van der Waals surface area (Å²) in [6.45, 7) is 0. The first-order chi connectivity index (χ1) is 8.13. The molecule has 0 saturated carbocycles. The predicted molar refractivity (Wildman–Crippen MR) is 64.5 cm³/mol. The van der Waals surface area contributed by atoms with Gasteiger partial charge < -0.3 is 4.74 Å². The lowest BCUT2D eigenvalue weighted by Gasteiger charge is -2.03. The van der Waals surface area contributed by atoms with Crippen molar-refractivity contribution in [3.63, 3.8) is 0 Å². The summed E-state index contributed by atoms with van der Waals surface area (Å²) in [5.74, 6) is -0.519. The van der Waals surface area contributed by atoms with Crippen molar-refractivity contribution in [2.24, 2.45) is 7.05 Å². The molecule has 90 valence electrons. The Morgan fingerprint density at radius 1 is 1.59 bits per heavy atom. The molecule has 5 nitrogen and oxygen atoms in total. The molecule has 0 atom stereocenters. The van der Waals surface area contributed by atoms with Crippen LogP contribution in [0.15, 0.2) is 22.3 Å². The molecule has 0 amide bonds. The van der Waals surface area contributed by atoms with E-state index in [1.165, 1.54) is 11.7 Å². The number of carbonyl (C=O) groups is 1. The van der Waals surface area contributed by atoms with Crippen LogP contribution >= 0.6 is 11.3 Å². The minimum absolute atomic E-state index is 0.230. The monoisotopic (exact) mass is 252 g/mol. The van der Waals surface area contributed by atoms with Crippen molar-refractivity contribution in [2.45, 2.75) is 6.42 Å². The molecule has 6 heteroatoms. The SMILES string of the molecule is COC(=O)c1[nH]c(=O)n(C)c1Cc1cccs1. The van der Waals surface area contributed by atoms with E-state index >= 15 is 0 Å². The van der Waals surface area contributed by atoms with Crippen LogP contribution in [-0.4, -0.2) is 22.6 Å². The van der Waals surface area contributed by atoms with E-state index in [0.717, 1.165) is 4.88 Å². The fourth-order valence-corrected chi connectivity index (χ4v) is 2.32. The fraction of sp³-hybridized carbons (Fsp3) is 0.273. The highest BCUT2D eigenvalue weighted by Gasteiger charge is 2.19. The van der Waals surface area contributed by atoms with Gasteiger partial charge in [0.2, 0.25) is 0 Å². The third-order valence-corrected chi connectivity index (χ3v) is 3.42. The van der Waals surface area contributed by atoms with E-state index in [-0.39, 0.29) is 11.4 Å². The second kappa shape index (κ2) is 4.58. The van der Waals surface area contributed by atoms with E-state index < -0.39 is 5.97 Å². The number of thiophene rings is 1. The van der Waals surface area contributed by atoms with Gasteiger partial charge in [0.05, 0.1) is 12.8 Å². The molecule has 0 aliphatic heterocycles. The molecule has 0 aliphatic rings. The molecule has 0 unspecified atom stereocenters. The molecule has 2 heterocycles. The molecule has 0 saturated heterocycles. The molecule has 17 heavy (non-hydrogen) atoms. The van der Waals surface area contributed by atoms with E-state index in [0.29, 0.717) is 12.1 Å². The summed E-state index contributed by atoms with van der Waals surface area (Å²) in [5.41, 5.74) is 0.564. The van der Waals surface area contributed by atoms with Crippen LogP contribution in [0, 0.1) is 0 Å². The number of nitrogens with one attached hydrogen (secondary N) is 1. The van der Waals surface area contributed by atoms with E-state index in [1.807, 2.05) is 17.5 Å². The van der Waals surface area contributed by atoms with Crippen LogP contribution in [-0.2, 0) is 18.2 Å². The van der Waals surface area contributed by atoms with Crippen molar-refractivity contribution >= 4 is 17.3 Å². The Bertz CT molecular complexity index is 580. The second-order valence-corrected chi connectivity index (χ2v) is 4.59. The largest absolute Gasteiger partial charge is 0.464 e. The van der Waals surface area contributed by atoms with E-state index in [4.69, 9.17) is 0 Å². The number of ether oxygens (including phenoxy) is 1. The molecular formula is C11H12N2O3S. The van der Waals surface area contributed by atoms with Crippen molar-refractivity contribution in [3.05, 3.63) is 44.3 Å². The van der Waals surface area contributed by atoms with Crippen molar-refractivity contribution in [1.82, 2.24) is 9.55 Å². The first-order valence-corrected chi connectivity index (χ1v) is 5.90. The maximum Gasteiger partial charge on any atom is 0.356 e. The van der Waals surface area contributed by atoms with Crippen molar-refractivity contribution in [2.75, 3.05) is 7.11 Å². The van der Waals surface area contributed by atoms with Crippen LogP contribution in [0.4, 0.5) is 0 Å². The summed E-state index contributed by atoms with van der Waals surface area (Å²) < 4.78 is 6.08. The van der Waals surface area contributed by atoms with Gasteiger partial charge in [-0.05, 0) is 11.4 Å². The first kappa shape index (κ1) is 11.7. The minimum Gasteiger partial charge on any atom is -0.464 e. The molecule has 2 aromatic rings. The third-order valence-electron chi connectivity index (χ3n) is 2.54. The van der Waals surface area contributed by atoms with Gasteiger partial charge >= 0.3 is 11.7 Å². The second-order valence-electron chi connectivity index (χ2n) is 3.56. The zero-order chi connectivity index (χ0) is 12.4. The minimum atomic E-state index is -0.519. The summed E-state index contributed by atoms with van der Waals surface area (Å²) in [5, 5.41) is 1.96. The summed E-state index contributed by atoms with van der Waals surface area (Å²) in [6.07, 6.45) is 0.539. The average molecular weight is 252 g/mol. The molecule has 0 spiro atoms. The average Bonchev–Trinajstić information content (AvgIpc) is 2.92. The Kier molecular flexibility index (Phi) is 3.14. The highest BCUT2D eigenvalue weighted by atomic mass is 32.1. The van der Waals surface area contributed by atoms with Crippen LogP contribution in [0.3, 0.4) is 0 Å². The van der Waals surface area contributed by atoms with Crippen LogP contribution in [0.25, 0.3) is 0 Å². The molecule has 2 rings (SSSR count). The topological polar surface area (TPSA) is 64.1 Å². The first-order valence-electron chi connectivity index (χ1n) is 5.02. The number of aromatic amines is 1. The van der Waals surface area contributed by atoms with E-state index in [1.54, 1.807) is 18.4 Å². The Balaban J connectivity index is 2.44. The lowest BCUT2D eigenvalue weighted by molar-refractivity contribution is 0.0593. The normalized spacial score (nSPS) is 10.5. The Morgan fingerprint density at radius 2 is 2.35 bits per heavy atom. The lowest BCUT2D eigenvalue weighted by Crippen LogP contribution is -2.14. The summed E-state index contributed by atoms with van der Waals surface area (Å²) in [7, 11) is 2.93. The maximum atomic E-state index is 11.5. The Morgan fingerprint density at radius 3 is 2.94 bits per heavy atom. The number of esters is 1. The number of nitrogens with zero attached hydrogens (tertiary/aromatic N) is 1. The lowest BCUT2D eigenvalue weighted by atomic mass is 10.2. The number of hydrogen-bond donors (Lipinski definition) is 1. The van der Waals surface area contributed by atoms with E-state index in [9.17, 15) is 9.59 Å². The number of carbonyl (C=O) groups excluding carboxylic acids is 1. The molecule has 0 bridgehead atoms. The summed E-state index contributed by atoms with van der Waals surface area (Å²) in [6, 6.07) is 3.89. The molecule has 0 aromatic carbocycles. The quantitative estimate of drug-likeness (QED) is 0.833. The van der Waals surface area contributed by atoms with Gasteiger partial charge in [0.1, 0.15) is 5.69 Å². The van der Waals surface area contributed by atoms with Gasteiger partial charge in [-0.2, -0.15) is 0 Å². The number of methoxy groups -OCH3 is 1. The smallest absolute Gasteiger partial charge is 0.356 e. The molecule has 0 radical (unpaired) electrons. The van der Waals surface area contributed by atoms with Gasteiger partial charge in [-0.1, -0.05) is 6.07 Å². The fourth-order valence-electron chi connectivity index (χ4n) is 1.61. The maximum absolute atomic E-state index is 11.5. The van der Waals surface area contributed by atoms with Gasteiger partial charge in [0.25, 0.3) is 0 Å². The van der Waals surface area contributed by atoms with Gasteiger partial charge in [-0.15, -0.1) is 11.3 Å². The predicted octanol–water partition coefficient (Wildman–Crippen LogP) is 1.15. The van der Waals surface area contributed by atoms with Gasteiger partial charge in [0, 0.05) is 18.3 Å². The highest BCUT2D eigenvalue weighted by molar-refractivity contribution is 7.09. The molecule has 2 aromatic heterocycles. The van der Waals surface area contributed by atoms with Gasteiger partial charge in [-0.3, -0.25) is 9.55 Å². The number of hydrogen-bond acceptors (Lipinski definition) is 4. The van der Waals surface area contributed by atoms with Crippen LogP contribution in [0.2, 0.25) is 0 Å².